The summed E-state index contributed by atoms with van der Waals surface area (Å²) in [4.78, 5) is 10.7. The van der Waals surface area contributed by atoms with Crippen molar-refractivity contribution in [2.75, 3.05) is 17.6 Å². The van der Waals surface area contributed by atoms with E-state index in [9.17, 15) is 26.2 Å². The molecule has 0 fully saturated rings. The fourth-order valence-corrected chi connectivity index (χ4v) is 7.24. The molecule has 0 radical (unpaired) electrons. The molecule has 0 bridgehead atoms. The standard InChI is InChI=1S/C33H40N2O8S2/c1-24-26-23-25(45(41,42)43)18-19-30(26)35(21-11-4-7-17-32(36)37)29(24)15-5-3-6-16-31-33(2,20-10-12-22-44(38,39)40)27-13-8-9-14-28(27)34-31/h3,5-6,8-9,13-16,18-19,23-24H,4,7,10-12,17,20-22H2,1-2H3,(H3,36,37,38,39,40,41,42,43)/p+1. The van der Waals surface area contributed by atoms with Gasteiger partial charge in [-0.1, -0.05) is 42.8 Å². The van der Waals surface area contributed by atoms with E-state index < -0.39 is 26.2 Å². The normalized spacial score (nSPS) is 20.7. The molecule has 10 nitrogen and oxygen atoms in total. The van der Waals surface area contributed by atoms with E-state index in [-0.39, 0.29) is 28.4 Å². The highest BCUT2D eigenvalue weighted by Crippen LogP contribution is 2.46. The van der Waals surface area contributed by atoms with Crippen LogP contribution in [0.4, 0.5) is 11.4 Å². The highest BCUT2D eigenvalue weighted by atomic mass is 32.2. The molecule has 2 atom stereocenters. The Morgan fingerprint density at radius 2 is 1.73 bits per heavy atom. The Labute approximate surface area is 265 Å². The lowest BCUT2D eigenvalue weighted by Crippen LogP contribution is -2.22. The Morgan fingerprint density at radius 1 is 0.978 bits per heavy atom. The highest BCUT2D eigenvalue weighted by molar-refractivity contribution is 7.86. The van der Waals surface area contributed by atoms with Crippen LogP contribution in [0.1, 0.15) is 75.8 Å². The van der Waals surface area contributed by atoms with E-state index in [1.165, 1.54) is 12.1 Å². The van der Waals surface area contributed by atoms with Crippen LogP contribution in [-0.4, -0.2) is 59.6 Å². The first kappa shape index (κ1) is 34.3. The van der Waals surface area contributed by atoms with Gasteiger partial charge in [-0.05, 0) is 69.4 Å². The van der Waals surface area contributed by atoms with Crippen LogP contribution in [0.3, 0.4) is 0 Å². The summed E-state index contributed by atoms with van der Waals surface area (Å²) in [6.45, 7) is 4.74. The van der Waals surface area contributed by atoms with E-state index in [4.69, 9.17) is 9.66 Å². The number of anilines is 1. The van der Waals surface area contributed by atoms with Crippen molar-refractivity contribution in [3.63, 3.8) is 0 Å². The molecule has 2 aromatic rings. The summed E-state index contributed by atoms with van der Waals surface area (Å²) in [5.41, 5.74) is 5.36. The first-order chi connectivity index (χ1) is 21.2. The number of aliphatic carboxylic acids is 1. The highest BCUT2D eigenvalue weighted by Gasteiger charge is 2.38. The SMILES string of the molecule is CC1C(C=CC=CC=C2Nc3ccccc3C2(C)CCCCS(=O)(=O)O)=[N+](CCCCCC(=O)O)c2ccc(S(=O)(=O)O)cc21. The Bertz CT molecular complexity index is 1770. The van der Waals surface area contributed by atoms with Crippen molar-refractivity contribution in [2.24, 2.45) is 0 Å². The summed E-state index contributed by atoms with van der Waals surface area (Å²) in [6, 6.07) is 12.6. The maximum atomic E-state index is 11.8. The summed E-state index contributed by atoms with van der Waals surface area (Å²) in [5, 5.41) is 12.4. The van der Waals surface area contributed by atoms with Crippen molar-refractivity contribution < 1.29 is 40.4 Å². The number of nitrogens with zero attached hydrogens (tertiary/aromatic N) is 1. The third kappa shape index (κ3) is 8.57. The van der Waals surface area contributed by atoms with Gasteiger partial charge in [0.1, 0.15) is 6.54 Å². The number of allylic oxidation sites excluding steroid dienone is 6. The van der Waals surface area contributed by atoms with Crippen LogP contribution < -0.4 is 5.32 Å². The van der Waals surface area contributed by atoms with Gasteiger partial charge in [0.05, 0.1) is 16.6 Å². The van der Waals surface area contributed by atoms with Gasteiger partial charge in [-0.25, -0.2) is 0 Å². The maximum Gasteiger partial charge on any atom is 0.303 e. The van der Waals surface area contributed by atoms with Crippen molar-refractivity contribution in [1.29, 1.82) is 0 Å². The number of benzene rings is 2. The van der Waals surface area contributed by atoms with E-state index in [1.807, 2.05) is 55.5 Å². The van der Waals surface area contributed by atoms with Crippen molar-refractivity contribution in [1.82, 2.24) is 0 Å². The number of unbranched alkanes of at least 4 members (excludes halogenated alkanes) is 3. The monoisotopic (exact) mass is 657 g/mol. The summed E-state index contributed by atoms with van der Waals surface area (Å²) in [5.74, 6) is -1.22. The lowest BCUT2D eigenvalue weighted by molar-refractivity contribution is -0.437. The number of carboxylic acids is 1. The largest absolute Gasteiger partial charge is 0.481 e. The Balaban J connectivity index is 1.54. The third-order valence-corrected chi connectivity index (χ3v) is 10.2. The maximum absolute atomic E-state index is 11.8. The number of carbonyl (C=O) groups is 1. The molecule has 2 aliphatic heterocycles. The minimum absolute atomic E-state index is 0.116. The minimum atomic E-state index is -4.35. The van der Waals surface area contributed by atoms with E-state index in [0.29, 0.717) is 32.2 Å². The average molecular weight is 658 g/mol. The van der Waals surface area contributed by atoms with Gasteiger partial charge in [-0.3, -0.25) is 13.9 Å². The van der Waals surface area contributed by atoms with Gasteiger partial charge in [0.2, 0.25) is 5.69 Å². The molecular formula is C33H41N2O8S2+. The quantitative estimate of drug-likeness (QED) is 0.0754. The molecule has 2 heterocycles. The molecule has 0 spiro atoms. The van der Waals surface area contributed by atoms with Crippen LogP contribution >= 0.6 is 0 Å². The molecular weight excluding hydrogens is 617 g/mol. The predicted molar refractivity (Wildman–Crippen MR) is 175 cm³/mol. The number of nitrogens with one attached hydrogen (secondary N) is 1. The zero-order chi connectivity index (χ0) is 32.8. The molecule has 4 N–H and O–H groups in total. The van der Waals surface area contributed by atoms with E-state index in [2.05, 4.69) is 22.9 Å². The fourth-order valence-electron chi connectivity index (χ4n) is 6.15. The molecule has 45 heavy (non-hydrogen) atoms. The first-order valence-corrected chi connectivity index (χ1v) is 18.1. The fraction of sp³-hybridized carbons (Fsp3) is 0.394. The zero-order valence-corrected chi connectivity index (χ0v) is 27.1. The van der Waals surface area contributed by atoms with Gasteiger partial charge in [-0.2, -0.15) is 21.4 Å². The lowest BCUT2D eigenvalue weighted by atomic mass is 9.77. The van der Waals surface area contributed by atoms with Crippen LogP contribution in [-0.2, 0) is 30.4 Å². The third-order valence-electron chi connectivity index (χ3n) is 8.55. The Kier molecular flexibility index (Phi) is 10.9. The summed E-state index contributed by atoms with van der Waals surface area (Å²) >= 11 is 0. The zero-order valence-electron chi connectivity index (χ0n) is 25.5. The Morgan fingerprint density at radius 3 is 2.44 bits per heavy atom. The number of rotatable bonds is 15. The summed E-state index contributed by atoms with van der Waals surface area (Å²) in [6.07, 6.45) is 13.6. The summed E-state index contributed by atoms with van der Waals surface area (Å²) < 4.78 is 66.8. The molecule has 2 aromatic carbocycles. The van der Waals surface area contributed by atoms with Gasteiger partial charge < -0.3 is 10.4 Å². The second-order valence-corrected chi connectivity index (χ2v) is 14.8. The number of hydrogen-bond acceptors (Lipinski definition) is 6. The molecule has 0 amide bonds. The molecule has 0 saturated carbocycles. The number of para-hydroxylation sites is 1. The van der Waals surface area contributed by atoms with Gasteiger partial charge >= 0.3 is 5.97 Å². The van der Waals surface area contributed by atoms with Gasteiger partial charge in [-0.15, -0.1) is 0 Å². The summed E-state index contributed by atoms with van der Waals surface area (Å²) in [7, 11) is -8.35. The molecule has 2 aliphatic rings. The van der Waals surface area contributed by atoms with Crippen molar-refractivity contribution in [2.45, 2.75) is 75.0 Å². The van der Waals surface area contributed by atoms with Gasteiger partial charge in [0.25, 0.3) is 20.2 Å². The van der Waals surface area contributed by atoms with Crippen LogP contribution in [0.25, 0.3) is 0 Å². The average Bonchev–Trinajstić information content (AvgIpc) is 3.39. The molecule has 242 valence electrons. The predicted octanol–water partition coefficient (Wildman–Crippen LogP) is 6.22. The smallest absolute Gasteiger partial charge is 0.303 e. The molecule has 2 unspecified atom stereocenters. The van der Waals surface area contributed by atoms with Crippen LogP contribution in [0.2, 0.25) is 0 Å². The lowest BCUT2D eigenvalue weighted by Gasteiger charge is -2.26. The van der Waals surface area contributed by atoms with Crippen LogP contribution in [0.15, 0.2) is 83.4 Å². The van der Waals surface area contributed by atoms with Crippen molar-refractivity contribution >= 4 is 43.3 Å². The second kappa shape index (κ2) is 14.2. The molecule has 0 aromatic heterocycles. The van der Waals surface area contributed by atoms with Crippen LogP contribution in [0.5, 0.6) is 0 Å². The van der Waals surface area contributed by atoms with Crippen molar-refractivity contribution in [3.8, 4) is 0 Å². The molecule has 4 rings (SSSR count). The van der Waals surface area contributed by atoms with E-state index in [1.54, 1.807) is 6.07 Å². The van der Waals surface area contributed by atoms with Crippen LogP contribution in [0, 0.1) is 0 Å². The second-order valence-electron chi connectivity index (χ2n) is 11.8. The van der Waals surface area contributed by atoms with Crippen molar-refractivity contribution in [3.05, 3.63) is 89.7 Å². The first-order valence-electron chi connectivity index (χ1n) is 15.1. The minimum Gasteiger partial charge on any atom is -0.481 e. The van der Waals surface area contributed by atoms with E-state index >= 15 is 0 Å². The number of fused-ring (bicyclic) bond motifs is 2. The topological polar surface area (TPSA) is 161 Å². The molecule has 0 aliphatic carbocycles. The molecule has 0 saturated heterocycles. The van der Waals surface area contributed by atoms with Gasteiger partial charge in [0, 0.05) is 47.3 Å². The Hall–Kier alpha value is -3.58. The number of hydrogen-bond donors (Lipinski definition) is 4. The van der Waals surface area contributed by atoms with Gasteiger partial charge in [0.15, 0.2) is 5.71 Å². The van der Waals surface area contributed by atoms with E-state index in [0.717, 1.165) is 46.8 Å². The molecule has 12 heteroatoms. The number of carboxylic acid groups (broad SMARTS) is 1.